The maximum Gasteiger partial charge on any atom is 0.410 e. The minimum atomic E-state index is -0.545. The molecule has 3 saturated heterocycles. The monoisotopic (exact) mass is 683 g/mol. The molecule has 49 heavy (non-hydrogen) atoms. The number of ether oxygens (including phenoxy) is 3. The molecule has 2 amide bonds. The Hall–Kier alpha value is -1.58. The van der Waals surface area contributed by atoms with Crippen molar-refractivity contribution in [2.24, 2.45) is 56.7 Å². The third kappa shape index (κ3) is 4.58. The lowest BCUT2D eigenvalue weighted by Gasteiger charge is -2.63. The topological polar surface area (TPSA) is 101 Å². The first-order valence-corrected chi connectivity index (χ1v) is 20.1. The van der Waals surface area contributed by atoms with Crippen molar-refractivity contribution in [2.75, 3.05) is 32.7 Å². The van der Waals surface area contributed by atoms with Crippen LogP contribution in [0.5, 0.6) is 0 Å². The van der Waals surface area contributed by atoms with Crippen molar-refractivity contribution in [2.45, 2.75) is 150 Å². The Morgan fingerprint density at radius 2 is 1.65 bits per heavy atom. The Balaban J connectivity index is 1.01. The van der Waals surface area contributed by atoms with Crippen molar-refractivity contribution < 1.29 is 28.9 Å². The number of fused-ring (bicyclic) bond motifs is 4. The molecule has 8 rings (SSSR count). The maximum absolute atomic E-state index is 13.2. The zero-order chi connectivity index (χ0) is 34.9. The summed E-state index contributed by atoms with van der Waals surface area (Å²) in [7, 11) is 0. The fourth-order valence-electron chi connectivity index (χ4n) is 14.3. The molecule has 8 fully saturated rings. The standard InChI is InChI=1S/C40H65N3O6/c1-9-41-25-20-43(21-25)35(46)48-29-13-14-39-22-40(39)16-15-37(7)30-24(4)19-26(31(23(2)3)49-34(45)42-17-10-18-42)47-32(30)33(44)38(37,8)28(40)12-11-27(39)36(29,5)6/h23-33,41,44H,9-22H2,1-8H3/t24-,26-,27+,28+,29+,30+,31-,32+,33+,37-,38-,39-,40+/m1/s1. The predicted molar refractivity (Wildman–Crippen MR) is 187 cm³/mol. The first-order chi connectivity index (χ1) is 23.1. The molecular formula is C40H65N3O6. The number of carbonyl (C=O) groups excluding carboxylic acids is 2. The van der Waals surface area contributed by atoms with Gasteiger partial charge in [-0.2, -0.15) is 0 Å². The molecule has 3 heterocycles. The molecule has 9 heteroatoms. The second kappa shape index (κ2) is 11.5. The lowest BCUT2D eigenvalue weighted by Crippen LogP contribution is -2.62. The van der Waals surface area contributed by atoms with Crippen LogP contribution in [0.15, 0.2) is 0 Å². The minimum Gasteiger partial charge on any atom is -0.446 e. The summed E-state index contributed by atoms with van der Waals surface area (Å²) in [6, 6.07) is 0.387. The van der Waals surface area contributed by atoms with E-state index in [1.54, 1.807) is 4.90 Å². The van der Waals surface area contributed by atoms with Gasteiger partial charge in [0.05, 0.1) is 18.3 Å². The Morgan fingerprint density at radius 1 is 0.959 bits per heavy atom. The van der Waals surface area contributed by atoms with Crippen molar-refractivity contribution in [3.8, 4) is 0 Å². The number of likely N-dealkylation sites (N-methyl/N-ethyl adjacent to an activating group) is 1. The third-order valence-corrected chi connectivity index (χ3v) is 17.0. The Labute approximate surface area is 294 Å². The number of rotatable bonds is 6. The van der Waals surface area contributed by atoms with Gasteiger partial charge >= 0.3 is 12.2 Å². The molecule has 0 radical (unpaired) electrons. The van der Waals surface area contributed by atoms with Gasteiger partial charge in [0.2, 0.25) is 0 Å². The molecule has 0 unspecified atom stereocenters. The summed E-state index contributed by atoms with van der Waals surface area (Å²) in [6.07, 6.45) is 8.11. The normalized spacial score (nSPS) is 48.5. The third-order valence-electron chi connectivity index (χ3n) is 17.0. The molecule has 2 N–H and O–H groups in total. The van der Waals surface area contributed by atoms with Gasteiger partial charge in [-0.05, 0) is 110 Å². The van der Waals surface area contributed by atoms with Gasteiger partial charge in [-0.25, -0.2) is 9.59 Å². The van der Waals surface area contributed by atoms with Crippen LogP contribution in [0.1, 0.15) is 113 Å². The number of nitrogens with zero attached hydrogens (tertiary/aromatic N) is 2. The summed E-state index contributed by atoms with van der Waals surface area (Å²) < 4.78 is 19.5. The Morgan fingerprint density at radius 3 is 2.31 bits per heavy atom. The summed E-state index contributed by atoms with van der Waals surface area (Å²) in [5, 5.41) is 16.1. The zero-order valence-electron chi connectivity index (χ0n) is 31.6. The highest BCUT2D eigenvalue weighted by Gasteiger charge is 2.84. The van der Waals surface area contributed by atoms with Crippen LogP contribution >= 0.6 is 0 Å². The fraction of sp³-hybridized carbons (Fsp3) is 0.950. The molecule has 5 saturated carbocycles. The van der Waals surface area contributed by atoms with E-state index in [2.05, 4.69) is 60.7 Å². The van der Waals surface area contributed by atoms with Gasteiger partial charge in [0.1, 0.15) is 12.2 Å². The number of aliphatic hydroxyl groups is 1. The fourth-order valence-corrected chi connectivity index (χ4v) is 14.3. The molecule has 0 bridgehead atoms. The number of aliphatic hydroxyl groups excluding tert-OH is 1. The van der Waals surface area contributed by atoms with E-state index in [0.717, 1.165) is 77.7 Å². The first-order valence-electron chi connectivity index (χ1n) is 20.1. The average molecular weight is 684 g/mol. The van der Waals surface area contributed by atoms with Crippen LogP contribution in [0.25, 0.3) is 0 Å². The highest BCUT2D eigenvalue weighted by atomic mass is 16.6. The van der Waals surface area contributed by atoms with E-state index in [9.17, 15) is 14.7 Å². The van der Waals surface area contributed by atoms with Crippen molar-refractivity contribution in [1.82, 2.24) is 15.1 Å². The van der Waals surface area contributed by atoms with E-state index in [4.69, 9.17) is 14.2 Å². The number of hydrogen-bond acceptors (Lipinski definition) is 7. The second-order valence-electron chi connectivity index (χ2n) is 19.5. The summed E-state index contributed by atoms with van der Waals surface area (Å²) in [6.45, 7) is 22.4. The van der Waals surface area contributed by atoms with Crippen LogP contribution in [-0.2, 0) is 14.2 Å². The van der Waals surface area contributed by atoms with E-state index < -0.39 is 6.10 Å². The second-order valence-corrected chi connectivity index (χ2v) is 19.5. The predicted octanol–water partition coefficient (Wildman–Crippen LogP) is 6.47. The van der Waals surface area contributed by atoms with Crippen LogP contribution in [0.4, 0.5) is 9.59 Å². The highest BCUT2D eigenvalue weighted by Crippen LogP contribution is 2.89. The van der Waals surface area contributed by atoms with Crippen molar-refractivity contribution in [3.63, 3.8) is 0 Å². The molecule has 0 aromatic carbocycles. The van der Waals surface area contributed by atoms with Gasteiger partial charge in [0.15, 0.2) is 0 Å². The molecule has 8 aliphatic rings. The molecule has 5 aliphatic carbocycles. The SMILES string of the molecule is CCNC1CN(C(=O)O[C@H]2CC[C@]34C[C@]35CC[C@]3(C)[C@@H]6[C@H](O[C@@H]([C@H](OC(=O)N7CCC7)C(C)C)C[C@H]6C)[C@H](O)[C@@]3(C)[C@@H]5CC[C@H]4C2(C)C)C1. The lowest BCUT2D eigenvalue weighted by molar-refractivity contribution is -0.186. The van der Waals surface area contributed by atoms with Crippen molar-refractivity contribution in [3.05, 3.63) is 0 Å². The van der Waals surface area contributed by atoms with Gasteiger partial charge in [-0.3, -0.25) is 0 Å². The number of likely N-dealkylation sites (tertiary alicyclic amines) is 2. The molecule has 276 valence electrons. The first kappa shape index (κ1) is 34.5. The molecular weight excluding hydrogens is 618 g/mol. The maximum atomic E-state index is 13.2. The van der Waals surface area contributed by atoms with Crippen LogP contribution in [0.3, 0.4) is 0 Å². The summed E-state index contributed by atoms with van der Waals surface area (Å²) in [5.41, 5.74) is 0.184. The summed E-state index contributed by atoms with van der Waals surface area (Å²) >= 11 is 0. The molecule has 3 aliphatic heterocycles. The number of hydrogen-bond donors (Lipinski definition) is 2. The van der Waals surface area contributed by atoms with Crippen LogP contribution in [0, 0.1) is 56.7 Å². The van der Waals surface area contributed by atoms with Gasteiger partial charge in [-0.15, -0.1) is 0 Å². The summed E-state index contributed by atoms with van der Waals surface area (Å²) in [5.74, 6) is 1.77. The lowest BCUT2D eigenvalue weighted by atomic mass is 9.41. The molecule has 9 nitrogen and oxygen atoms in total. The molecule has 2 spiro atoms. The van der Waals surface area contributed by atoms with Gasteiger partial charge in [0, 0.05) is 43.1 Å². The van der Waals surface area contributed by atoms with E-state index >= 15 is 0 Å². The summed E-state index contributed by atoms with van der Waals surface area (Å²) in [4.78, 5) is 29.8. The van der Waals surface area contributed by atoms with E-state index in [1.165, 1.54) is 12.8 Å². The highest BCUT2D eigenvalue weighted by molar-refractivity contribution is 5.69. The zero-order valence-corrected chi connectivity index (χ0v) is 31.6. The average Bonchev–Trinajstić information content (AvgIpc) is 3.62. The minimum absolute atomic E-state index is 0.0143. The molecule has 0 aromatic heterocycles. The van der Waals surface area contributed by atoms with Crippen LogP contribution in [0.2, 0.25) is 0 Å². The Kier molecular flexibility index (Phi) is 8.07. The van der Waals surface area contributed by atoms with Crippen LogP contribution in [-0.4, -0.2) is 96.4 Å². The number of amides is 2. The quantitative estimate of drug-likeness (QED) is 0.331. The van der Waals surface area contributed by atoms with Crippen molar-refractivity contribution in [1.29, 1.82) is 0 Å². The van der Waals surface area contributed by atoms with Gasteiger partial charge in [-0.1, -0.05) is 55.4 Å². The van der Waals surface area contributed by atoms with E-state index in [-0.39, 0.29) is 75.5 Å². The number of carbonyl (C=O) groups is 2. The number of nitrogens with one attached hydrogen (secondary N) is 1. The largest absolute Gasteiger partial charge is 0.446 e. The molecule has 0 aromatic rings. The van der Waals surface area contributed by atoms with E-state index in [1.807, 2.05) is 4.90 Å². The van der Waals surface area contributed by atoms with Gasteiger partial charge in [0.25, 0.3) is 0 Å². The molecule has 13 atom stereocenters. The van der Waals surface area contributed by atoms with Crippen LogP contribution < -0.4 is 5.32 Å². The Bertz CT molecular complexity index is 1330. The van der Waals surface area contributed by atoms with Crippen molar-refractivity contribution >= 4 is 12.2 Å². The van der Waals surface area contributed by atoms with E-state index in [0.29, 0.717) is 23.8 Å². The smallest absolute Gasteiger partial charge is 0.410 e. The van der Waals surface area contributed by atoms with Gasteiger partial charge < -0.3 is 34.4 Å².